The van der Waals surface area contributed by atoms with E-state index in [2.05, 4.69) is 53.2 Å². The maximum atomic E-state index is 14.3. The molecule has 30 nitrogen and oxygen atoms in total. The van der Waals surface area contributed by atoms with Crippen LogP contribution in [-0.2, 0) is 84.6 Å². The van der Waals surface area contributed by atoms with Gasteiger partial charge in [-0.1, -0.05) is 88.4 Å². The van der Waals surface area contributed by atoms with Crippen LogP contribution in [-0.4, -0.2) is 203 Å². The molecular weight excluding hydrogens is 1210 g/mol. The van der Waals surface area contributed by atoms with Gasteiger partial charge in [0.1, 0.15) is 66.0 Å². The maximum Gasteiger partial charge on any atom is 0.408 e. The monoisotopic (exact) mass is 1310 g/mol. The summed E-state index contributed by atoms with van der Waals surface area (Å²) in [5.41, 5.74) is 4.73. The van der Waals surface area contributed by atoms with E-state index in [9.17, 15) is 72.2 Å². The van der Waals surface area contributed by atoms with Crippen molar-refractivity contribution in [1.82, 2.24) is 63.0 Å². The Morgan fingerprint density at radius 1 is 0.495 bits per heavy atom. The molecule has 0 aliphatic carbocycles. The van der Waals surface area contributed by atoms with Crippen LogP contribution in [0, 0.1) is 11.8 Å². The number of alkyl carbamates (subject to hydrolysis) is 1. The fraction of sp³-hybridized carbons (Fsp3) is 0.587. The van der Waals surface area contributed by atoms with Gasteiger partial charge in [0.15, 0.2) is 0 Å². The van der Waals surface area contributed by atoms with Crippen LogP contribution in [0.1, 0.15) is 121 Å². The molecule has 0 bridgehead atoms. The number of carboxylic acid groups (broad SMARTS) is 1. The summed E-state index contributed by atoms with van der Waals surface area (Å²) in [6.45, 7) is 20.6. The average molecular weight is 1310 g/mol. The highest BCUT2D eigenvalue weighted by atomic mass is 16.6. The molecule has 0 fully saturated rings. The average Bonchev–Trinajstić information content (AvgIpc) is 0.969. The largest absolute Gasteiger partial charge is 0.481 e. The van der Waals surface area contributed by atoms with Crippen LogP contribution < -0.4 is 58.9 Å². The van der Waals surface area contributed by atoms with Gasteiger partial charge in [0.05, 0.1) is 31.7 Å². The second-order valence-electron chi connectivity index (χ2n) is 25.4. The van der Waals surface area contributed by atoms with Crippen LogP contribution in [0.15, 0.2) is 60.7 Å². The minimum atomic E-state index is -1.83. The molecule has 0 unspecified atom stereocenters. The standard InChI is InChI=1S/C63H97N13O17/c1-34(2)27-42(70-48(78)32-66-57(87)46(29-41-25-21-18-22-26-41)76(16)59(89)38(7)68-51(81)37(6)69-61(91)93-63(12,13)14)55(85)67-36(5)52(82)74-50(35(3)4)58(88)71-43(28-40-23-19-17-20-24-40)56(86)72-44(30-49(79)80)60(90)75(15)39(8)53(83)73-45(33-92-62(9,10)11)54(84)65-31-47(64)77/h17-26,34-39,42-46,50H,27-33H2,1-16H3,(H2,64,77)(H,65,84)(H,66,87)(H,67,85)(H,68,81)(H,69,91)(H,70,78)(H,71,88)(H,72,86)(H,73,83)(H,74,82)(H,79,80)/t36-,37-,38-,39-,42-,43-,44-,45-,46-,50-/m0/s1. The third-order valence-electron chi connectivity index (χ3n) is 14.0. The summed E-state index contributed by atoms with van der Waals surface area (Å²) in [6.07, 6.45) is -2.00. The van der Waals surface area contributed by atoms with E-state index >= 15 is 0 Å². The third kappa shape index (κ3) is 29.3. The normalized spacial score (nSPS) is 14.6. The number of nitrogens with one attached hydrogen (secondary N) is 10. The summed E-state index contributed by atoms with van der Waals surface area (Å²) in [6, 6.07) is 3.36. The predicted octanol–water partition coefficient (Wildman–Crippen LogP) is -0.798. The summed E-state index contributed by atoms with van der Waals surface area (Å²) in [4.78, 5) is 189. The van der Waals surface area contributed by atoms with Crippen molar-refractivity contribution >= 4 is 82.9 Å². The quantitative estimate of drug-likeness (QED) is 0.0402. The van der Waals surface area contributed by atoms with Crippen LogP contribution in [0.4, 0.5) is 4.79 Å². The first-order chi connectivity index (χ1) is 43.1. The Balaban J connectivity index is 2.29. The van der Waals surface area contributed by atoms with Gasteiger partial charge < -0.3 is 83.3 Å². The summed E-state index contributed by atoms with van der Waals surface area (Å²) in [5.74, 6) is -12.6. The van der Waals surface area contributed by atoms with Crippen molar-refractivity contribution in [3.05, 3.63) is 71.8 Å². The Kier molecular flexibility index (Phi) is 32.1. The molecule has 13 N–H and O–H groups in total. The van der Waals surface area contributed by atoms with Gasteiger partial charge in [0.25, 0.3) is 0 Å². The van der Waals surface area contributed by atoms with Crippen molar-refractivity contribution in [2.45, 2.75) is 194 Å². The molecule has 0 radical (unpaired) electrons. The lowest BCUT2D eigenvalue weighted by molar-refractivity contribution is -0.146. The molecular formula is C63H97N13O17. The predicted molar refractivity (Wildman–Crippen MR) is 340 cm³/mol. The minimum Gasteiger partial charge on any atom is -0.481 e. The zero-order valence-electron chi connectivity index (χ0n) is 56.1. The summed E-state index contributed by atoms with van der Waals surface area (Å²) in [5, 5.41) is 34.9. The Bertz CT molecular complexity index is 2940. The first kappa shape index (κ1) is 79.9. The van der Waals surface area contributed by atoms with Crippen LogP contribution in [0.2, 0.25) is 0 Å². The van der Waals surface area contributed by atoms with Crippen molar-refractivity contribution in [3.8, 4) is 0 Å². The molecule has 0 saturated carbocycles. The molecule has 0 spiro atoms. The van der Waals surface area contributed by atoms with Gasteiger partial charge in [0, 0.05) is 26.9 Å². The Morgan fingerprint density at radius 3 is 1.51 bits per heavy atom. The third-order valence-corrected chi connectivity index (χ3v) is 14.0. The summed E-state index contributed by atoms with van der Waals surface area (Å²) >= 11 is 0. The number of carboxylic acids is 1. The number of carbonyl (C=O) groups excluding carboxylic acids is 13. The topological polar surface area (TPSA) is 430 Å². The Morgan fingerprint density at radius 2 is 0.989 bits per heavy atom. The van der Waals surface area contributed by atoms with E-state index in [1.807, 2.05) is 0 Å². The molecule has 0 aromatic heterocycles. The number of hydrogen-bond acceptors (Lipinski definition) is 16. The highest BCUT2D eigenvalue weighted by molar-refractivity contribution is 5.99. The summed E-state index contributed by atoms with van der Waals surface area (Å²) in [7, 11) is 2.52. The number of hydrogen-bond donors (Lipinski definition) is 12. The molecule has 516 valence electrons. The molecule has 2 aromatic rings. The number of likely N-dealkylation sites (N-methyl/N-ethyl adjacent to an activating group) is 2. The number of carbonyl (C=O) groups is 14. The Labute approximate surface area is 543 Å². The lowest BCUT2D eigenvalue weighted by atomic mass is 10.00. The number of benzene rings is 2. The Hall–Kier alpha value is -9.22. The van der Waals surface area contributed by atoms with E-state index in [-0.39, 0.29) is 31.8 Å². The molecule has 93 heavy (non-hydrogen) atoms. The number of amides is 13. The zero-order chi connectivity index (χ0) is 70.8. The van der Waals surface area contributed by atoms with Crippen molar-refractivity contribution in [2.75, 3.05) is 33.8 Å². The van der Waals surface area contributed by atoms with Gasteiger partial charge in [-0.05, 0) is 98.6 Å². The molecule has 30 heteroatoms. The van der Waals surface area contributed by atoms with Crippen LogP contribution in [0.5, 0.6) is 0 Å². The first-order valence-electron chi connectivity index (χ1n) is 30.5. The van der Waals surface area contributed by atoms with Gasteiger partial charge in [-0.2, -0.15) is 0 Å². The van der Waals surface area contributed by atoms with E-state index in [1.165, 1.54) is 34.7 Å². The van der Waals surface area contributed by atoms with Gasteiger partial charge in [-0.3, -0.25) is 62.3 Å². The fourth-order valence-corrected chi connectivity index (χ4v) is 8.76. The van der Waals surface area contributed by atoms with Crippen LogP contribution in [0.25, 0.3) is 0 Å². The number of ether oxygens (including phenoxy) is 2. The molecule has 0 saturated heterocycles. The van der Waals surface area contributed by atoms with Crippen molar-refractivity contribution in [2.24, 2.45) is 17.6 Å². The zero-order valence-corrected chi connectivity index (χ0v) is 56.1. The van der Waals surface area contributed by atoms with E-state index in [4.69, 9.17) is 15.2 Å². The van der Waals surface area contributed by atoms with E-state index in [1.54, 1.807) is 130 Å². The highest BCUT2D eigenvalue weighted by Gasteiger charge is 2.38. The number of nitrogens with two attached hydrogens (primary N) is 1. The second-order valence-corrected chi connectivity index (χ2v) is 25.4. The smallest absolute Gasteiger partial charge is 0.408 e. The van der Waals surface area contributed by atoms with Gasteiger partial charge >= 0.3 is 12.1 Å². The minimum absolute atomic E-state index is 0.0138. The molecule has 13 amide bonds. The number of aliphatic carboxylic acids is 1. The van der Waals surface area contributed by atoms with Crippen LogP contribution >= 0.6 is 0 Å². The first-order valence-corrected chi connectivity index (χ1v) is 30.5. The number of rotatable bonds is 35. The maximum absolute atomic E-state index is 14.3. The van der Waals surface area contributed by atoms with Crippen molar-refractivity contribution < 1.29 is 81.7 Å². The lowest BCUT2D eigenvalue weighted by Gasteiger charge is -2.31. The lowest BCUT2D eigenvalue weighted by Crippen LogP contribution is -2.61. The highest BCUT2D eigenvalue weighted by Crippen LogP contribution is 2.15. The molecule has 2 rings (SSSR count). The van der Waals surface area contributed by atoms with Crippen molar-refractivity contribution in [1.29, 1.82) is 0 Å². The van der Waals surface area contributed by atoms with E-state index < -0.39 is 180 Å². The van der Waals surface area contributed by atoms with Gasteiger partial charge in [0.2, 0.25) is 70.9 Å². The van der Waals surface area contributed by atoms with Crippen LogP contribution in [0.3, 0.4) is 0 Å². The number of nitrogens with zero attached hydrogens (tertiary/aromatic N) is 2. The molecule has 0 aliphatic rings. The second kappa shape index (κ2) is 37.3. The van der Waals surface area contributed by atoms with E-state index in [0.29, 0.717) is 11.1 Å². The van der Waals surface area contributed by atoms with E-state index in [0.717, 1.165) is 16.8 Å². The molecule has 0 aliphatic heterocycles. The number of primary amides is 1. The summed E-state index contributed by atoms with van der Waals surface area (Å²) < 4.78 is 10.9. The molecule has 0 heterocycles. The van der Waals surface area contributed by atoms with Crippen molar-refractivity contribution in [3.63, 3.8) is 0 Å². The SMILES string of the molecule is CC(C)C[C@H](NC(=O)CNC(=O)[C@H](Cc1ccccc1)N(C)C(=O)[C@H](C)NC(=O)[C@H](C)NC(=O)OC(C)(C)C)C(=O)N[C@@H](C)C(=O)N[C@H](C(=O)N[C@@H](Cc1ccccc1)C(=O)N[C@@H](CC(=O)O)C(=O)N(C)[C@@H](C)C(=O)N[C@@H](COC(C)(C)C)C(=O)NCC(N)=O)C(C)C. The molecule has 10 atom stereocenters. The molecule has 2 aromatic carbocycles. The fourth-order valence-electron chi connectivity index (χ4n) is 8.76. The van der Waals surface area contributed by atoms with Gasteiger partial charge in [-0.15, -0.1) is 0 Å². The van der Waals surface area contributed by atoms with Gasteiger partial charge in [-0.25, -0.2) is 4.79 Å².